The highest BCUT2D eigenvalue weighted by atomic mass is 32.1. The van der Waals surface area contributed by atoms with Crippen molar-refractivity contribution in [2.45, 2.75) is 0 Å². The fourth-order valence-electron chi connectivity index (χ4n) is 2.65. The first-order valence-corrected chi connectivity index (χ1v) is 9.59. The van der Waals surface area contributed by atoms with Gasteiger partial charge in [0, 0.05) is 11.8 Å². The summed E-state index contributed by atoms with van der Waals surface area (Å²) in [5.74, 6) is -0.518. The minimum atomic E-state index is -0.290. The summed E-state index contributed by atoms with van der Waals surface area (Å²) in [6, 6.07) is 26.0. The van der Waals surface area contributed by atoms with Gasteiger partial charge in [0.25, 0.3) is 5.91 Å². The largest absolute Gasteiger partial charge is 0.397 e. The molecule has 4 nitrogen and oxygen atoms in total. The van der Waals surface area contributed by atoms with Gasteiger partial charge in [0.05, 0.1) is 11.4 Å². The zero-order chi connectivity index (χ0) is 21.3. The number of hydrogen-bond donors (Lipinski definition) is 3. The third-order valence-corrected chi connectivity index (χ3v) is 4.45. The molecule has 0 saturated carbocycles. The van der Waals surface area contributed by atoms with E-state index >= 15 is 0 Å². The third kappa shape index (κ3) is 5.86. The van der Waals surface area contributed by atoms with Crippen molar-refractivity contribution in [1.29, 1.82) is 0 Å². The number of aromatic nitrogens is 1. The number of amides is 1. The van der Waals surface area contributed by atoms with Gasteiger partial charge >= 0.3 is 0 Å². The van der Waals surface area contributed by atoms with Gasteiger partial charge in [-0.25, -0.2) is 4.39 Å². The Morgan fingerprint density at radius 3 is 2.13 bits per heavy atom. The van der Waals surface area contributed by atoms with Crippen molar-refractivity contribution in [3.8, 4) is 11.1 Å². The number of carbonyl (C=O) groups excluding carboxylic acids is 1. The van der Waals surface area contributed by atoms with Crippen LogP contribution in [0.15, 0.2) is 97.2 Å². The first-order chi connectivity index (χ1) is 14.5. The van der Waals surface area contributed by atoms with Crippen molar-refractivity contribution in [1.82, 2.24) is 4.98 Å². The molecule has 0 aliphatic heterocycles. The van der Waals surface area contributed by atoms with Crippen molar-refractivity contribution in [2.24, 2.45) is 0 Å². The maximum absolute atomic E-state index is 13.0. The molecule has 1 amide bonds. The zero-order valence-electron chi connectivity index (χ0n) is 16.0. The monoisotopic (exact) mass is 417 g/mol. The van der Waals surface area contributed by atoms with Crippen molar-refractivity contribution in [3.05, 3.63) is 113 Å². The Morgan fingerprint density at radius 1 is 0.867 bits per heavy atom. The molecular weight excluding hydrogens is 397 g/mol. The normalized spacial score (nSPS) is 9.90. The quantitative estimate of drug-likeness (QED) is 0.280. The van der Waals surface area contributed by atoms with E-state index in [0.717, 1.165) is 15.8 Å². The SMILES string of the molecule is Nc1ccc(-c2ccc(F)cc2)cc1NC(=O)c1ccccc1.S=c1cccc[nH]1. The lowest BCUT2D eigenvalue weighted by Crippen LogP contribution is -2.13. The van der Waals surface area contributed by atoms with Gasteiger partial charge in [-0.05, 0) is 59.7 Å². The highest BCUT2D eigenvalue weighted by Crippen LogP contribution is 2.27. The van der Waals surface area contributed by atoms with E-state index < -0.39 is 0 Å². The van der Waals surface area contributed by atoms with Crippen LogP contribution in [-0.2, 0) is 0 Å². The molecule has 150 valence electrons. The molecule has 6 heteroatoms. The van der Waals surface area contributed by atoms with Crippen LogP contribution in [-0.4, -0.2) is 10.9 Å². The Morgan fingerprint density at radius 2 is 1.53 bits per heavy atom. The van der Waals surface area contributed by atoms with Crippen molar-refractivity contribution in [3.63, 3.8) is 0 Å². The van der Waals surface area contributed by atoms with E-state index in [0.29, 0.717) is 16.9 Å². The molecule has 0 unspecified atom stereocenters. The molecule has 4 N–H and O–H groups in total. The average molecular weight is 418 g/mol. The average Bonchev–Trinajstić information content (AvgIpc) is 2.77. The molecule has 0 radical (unpaired) electrons. The molecule has 0 spiro atoms. The molecule has 3 aromatic carbocycles. The molecule has 0 aliphatic rings. The molecule has 0 saturated heterocycles. The van der Waals surface area contributed by atoms with Gasteiger partial charge in [-0.1, -0.05) is 54.7 Å². The number of anilines is 2. The summed E-state index contributed by atoms with van der Waals surface area (Å²) in [4.78, 5) is 15.1. The van der Waals surface area contributed by atoms with Gasteiger partial charge < -0.3 is 16.0 Å². The number of aromatic amines is 1. The first-order valence-electron chi connectivity index (χ1n) is 9.18. The minimum Gasteiger partial charge on any atom is -0.397 e. The van der Waals surface area contributed by atoms with Gasteiger partial charge in [-0.15, -0.1) is 0 Å². The molecule has 1 aromatic heterocycles. The summed E-state index contributed by atoms with van der Waals surface area (Å²) < 4.78 is 13.8. The van der Waals surface area contributed by atoms with E-state index in [2.05, 4.69) is 10.3 Å². The number of rotatable bonds is 3. The fourth-order valence-corrected chi connectivity index (χ4v) is 2.79. The van der Waals surface area contributed by atoms with Crippen molar-refractivity contribution >= 4 is 29.5 Å². The second-order valence-corrected chi connectivity index (χ2v) is 6.80. The summed E-state index contributed by atoms with van der Waals surface area (Å²) in [6.07, 6.45) is 1.81. The van der Waals surface area contributed by atoms with Crippen molar-refractivity contribution < 1.29 is 9.18 Å². The lowest BCUT2D eigenvalue weighted by molar-refractivity contribution is 0.102. The van der Waals surface area contributed by atoms with Gasteiger partial charge in [-0.2, -0.15) is 0 Å². The van der Waals surface area contributed by atoms with Crippen LogP contribution in [0.2, 0.25) is 0 Å². The van der Waals surface area contributed by atoms with E-state index in [1.807, 2.05) is 36.5 Å². The van der Waals surface area contributed by atoms with E-state index in [-0.39, 0.29) is 11.7 Å². The molecule has 30 heavy (non-hydrogen) atoms. The van der Waals surface area contributed by atoms with Crippen LogP contribution in [0.3, 0.4) is 0 Å². The number of pyridine rings is 1. The number of nitrogens with two attached hydrogens (primary N) is 1. The maximum Gasteiger partial charge on any atom is 0.255 e. The van der Waals surface area contributed by atoms with Gasteiger partial charge in [0.15, 0.2) is 0 Å². The fraction of sp³-hybridized carbons (Fsp3) is 0. The van der Waals surface area contributed by atoms with E-state index in [4.69, 9.17) is 18.0 Å². The second-order valence-electron chi connectivity index (χ2n) is 6.36. The summed E-state index contributed by atoms with van der Waals surface area (Å²) in [7, 11) is 0. The Hall–Kier alpha value is -3.77. The van der Waals surface area contributed by atoms with E-state index in [1.165, 1.54) is 12.1 Å². The van der Waals surface area contributed by atoms with E-state index in [1.54, 1.807) is 48.5 Å². The summed E-state index contributed by atoms with van der Waals surface area (Å²) in [5.41, 5.74) is 9.20. The van der Waals surface area contributed by atoms with E-state index in [9.17, 15) is 9.18 Å². The molecule has 1 heterocycles. The number of H-pyrrole nitrogens is 1. The third-order valence-electron chi connectivity index (χ3n) is 4.20. The van der Waals surface area contributed by atoms with Crippen LogP contribution in [0.25, 0.3) is 11.1 Å². The van der Waals surface area contributed by atoms with Crippen LogP contribution in [0.5, 0.6) is 0 Å². The van der Waals surface area contributed by atoms with Crippen molar-refractivity contribution in [2.75, 3.05) is 11.1 Å². The molecule has 4 rings (SSSR count). The van der Waals surface area contributed by atoms with Gasteiger partial charge in [0.2, 0.25) is 0 Å². The maximum atomic E-state index is 13.0. The first kappa shape index (κ1) is 21.0. The topological polar surface area (TPSA) is 70.9 Å². The highest BCUT2D eigenvalue weighted by Gasteiger charge is 2.09. The Balaban J connectivity index is 0.000000310. The predicted octanol–water partition coefficient (Wildman–Crippen LogP) is 6.07. The Bertz CT molecular complexity index is 1160. The van der Waals surface area contributed by atoms with Crippen LogP contribution in [0.1, 0.15) is 10.4 Å². The zero-order valence-corrected chi connectivity index (χ0v) is 16.8. The van der Waals surface area contributed by atoms with Crippen LogP contribution in [0, 0.1) is 10.5 Å². The second kappa shape index (κ2) is 10.1. The number of benzene rings is 3. The molecule has 0 aliphatic carbocycles. The summed E-state index contributed by atoms with van der Waals surface area (Å²) in [5, 5.41) is 2.81. The lowest BCUT2D eigenvalue weighted by atomic mass is 10.0. The highest BCUT2D eigenvalue weighted by molar-refractivity contribution is 7.71. The van der Waals surface area contributed by atoms with Crippen LogP contribution < -0.4 is 11.1 Å². The lowest BCUT2D eigenvalue weighted by Gasteiger charge is -2.11. The molecule has 0 atom stereocenters. The van der Waals surface area contributed by atoms with Crippen LogP contribution >= 0.6 is 12.2 Å². The minimum absolute atomic E-state index is 0.228. The molecular formula is C24H20FN3OS. The van der Waals surface area contributed by atoms with Gasteiger partial charge in [-0.3, -0.25) is 4.79 Å². The predicted molar refractivity (Wildman–Crippen MR) is 122 cm³/mol. The standard InChI is InChI=1S/C19H15FN2O.C5H5NS/c20-16-9-6-13(7-10-16)15-8-11-17(21)18(12-15)22-19(23)14-4-2-1-3-5-14;7-5-3-1-2-4-6-5/h1-12H,21H2,(H,22,23);1-4H,(H,6,7). The number of nitrogens with one attached hydrogen (secondary N) is 2. The smallest absolute Gasteiger partial charge is 0.255 e. The summed E-state index contributed by atoms with van der Waals surface area (Å²) in [6.45, 7) is 0. The summed E-state index contributed by atoms with van der Waals surface area (Å²) >= 11 is 4.76. The number of nitrogen functional groups attached to an aromatic ring is 1. The Kier molecular flexibility index (Phi) is 7.08. The molecule has 0 fully saturated rings. The molecule has 0 bridgehead atoms. The number of halogens is 1. The van der Waals surface area contributed by atoms with Gasteiger partial charge in [0.1, 0.15) is 10.5 Å². The number of carbonyl (C=O) groups is 1. The number of hydrogen-bond acceptors (Lipinski definition) is 3. The van der Waals surface area contributed by atoms with Crippen LogP contribution in [0.4, 0.5) is 15.8 Å². The Labute approximate surface area is 179 Å². The molecule has 4 aromatic rings.